The van der Waals surface area contributed by atoms with Gasteiger partial charge in [0.1, 0.15) is 0 Å². The Kier molecular flexibility index (Phi) is 6.26. The van der Waals surface area contributed by atoms with Crippen LogP contribution in [-0.2, 0) is 4.74 Å². The molecule has 0 spiro atoms. The molecule has 0 aliphatic heterocycles. The fraction of sp³-hybridized carbons (Fsp3) is 1.00. The maximum absolute atomic E-state index is 6.09. The average molecular weight is 274 g/mol. The van der Waals surface area contributed by atoms with Crippen LogP contribution in [0.3, 0.4) is 0 Å². The first-order valence-corrected chi connectivity index (χ1v) is 8.19. The molecule has 2 saturated carbocycles. The van der Waals surface area contributed by atoms with Crippen LogP contribution in [0.4, 0.5) is 0 Å². The minimum absolute atomic E-state index is 0.478. The van der Waals surface area contributed by atoms with E-state index in [1.54, 1.807) is 0 Å². The fourth-order valence-corrected chi connectivity index (χ4v) is 4.03. The van der Waals surface area contributed by atoms with Gasteiger partial charge in [0.25, 0.3) is 0 Å². The number of hydrogen-bond donors (Lipinski definition) is 1. The van der Waals surface area contributed by atoms with Gasteiger partial charge in [-0.15, -0.1) is 11.6 Å². The van der Waals surface area contributed by atoms with Crippen LogP contribution in [0.2, 0.25) is 0 Å². The van der Waals surface area contributed by atoms with Gasteiger partial charge in [-0.2, -0.15) is 0 Å². The molecule has 4 atom stereocenters. The lowest BCUT2D eigenvalue weighted by atomic mass is 9.80. The third-order valence-corrected chi connectivity index (χ3v) is 5.29. The molecule has 3 heteroatoms. The number of halogens is 1. The van der Waals surface area contributed by atoms with Crippen LogP contribution in [0, 0.1) is 11.8 Å². The number of methoxy groups -OCH3 is 1. The number of nitrogens with one attached hydrogen (secondary N) is 1. The monoisotopic (exact) mass is 273 g/mol. The lowest BCUT2D eigenvalue weighted by molar-refractivity contribution is 0.0573. The van der Waals surface area contributed by atoms with E-state index < -0.39 is 0 Å². The van der Waals surface area contributed by atoms with Crippen LogP contribution < -0.4 is 5.32 Å². The molecule has 2 fully saturated rings. The second-order valence-corrected chi connectivity index (χ2v) is 6.40. The summed E-state index contributed by atoms with van der Waals surface area (Å²) >= 11 is 6.09. The fourth-order valence-electron chi connectivity index (χ4n) is 3.62. The van der Waals surface area contributed by atoms with Gasteiger partial charge in [0.2, 0.25) is 0 Å². The van der Waals surface area contributed by atoms with E-state index >= 15 is 0 Å². The van der Waals surface area contributed by atoms with Crippen molar-refractivity contribution in [1.82, 2.24) is 5.32 Å². The minimum Gasteiger partial charge on any atom is -0.381 e. The quantitative estimate of drug-likeness (QED) is 0.773. The summed E-state index contributed by atoms with van der Waals surface area (Å²) in [5.41, 5.74) is 0. The highest BCUT2D eigenvalue weighted by molar-refractivity contribution is 6.18. The van der Waals surface area contributed by atoms with Crippen molar-refractivity contribution >= 4 is 11.6 Å². The maximum atomic E-state index is 6.09. The van der Waals surface area contributed by atoms with E-state index in [1.165, 1.54) is 57.9 Å². The molecule has 2 rings (SSSR count). The predicted octanol–water partition coefficient (Wildman–Crippen LogP) is 3.58. The second-order valence-electron chi connectivity index (χ2n) is 6.09. The molecular formula is C15H28ClNO. The van der Waals surface area contributed by atoms with Crippen molar-refractivity contribution < 1.29 is 4.74 Å². The number of ether oxygens (including phenoxy) is 1. The maximum Gasteiger partial charge on any atom is 0.0586 e. The van der Waals surface area contributed by atoms with E-state index in [0.29, 0.717) is 12.1 Å². The third kappa shape index (κ3) is 4.11. The number of alkyl halides is 1. The lowest BCUT2D eigenvalue weighted by Crippen LogP contribution is -2.41. The number of hydrogen-bond acceptors (Lipinski definition) is 2. The zero-order valence-electron chi connectivity index (χ0n) is 11.7. The molecule has 0 bridgehead atoms. The van der Waals surface area contributed by atoms with Crippen LogP contribution in [0.5, 0.6) is 0 Å². The molecule has 0 aromatic carbocycles. The van der Waals surface area contributed by atoms with Crippen LogP contribution in [0.1, 0.15) is 51.4 Å². The molecule has 18 heavy (non-hydrogen) atoms. The smallest absolute Gasteiger partial charge is 0.0586 e. The Morgan fingerprint density at radius 1 is 1.06 bits per heavy atom. The van der Waals surface area contributed by atoms with Gasteiger partial charge in [0, 0.05) is 19.0 Å². The first kappa shape index (κ1) is 14.6. The van der Waals surface area contributed by atoms with Gasteiger partial charge < -0.3 is 10.1 Å². The van der Waals surface area contributed by atoms with Crippen LogP contribution in [0.15, 0.2) is 0 Å². The summed E-state index contributed by atoms with van der Waals surface area (Å²) in [6.45, 7) is 1.17. The Morgan fingerprint density at radius 2 is 1.83 bits per heavy atom. The molecule has 1 N–H and O–H groups in total. The molecule has 2 aliphatic rings. The third-order valence-electron chi connectivity index (χ3n) is 4.89. The Balaban J connectivity index is 1.72. The van der Waals surface area contributed by atoms with Crippen molar-refractivity contribution in [3.63, 3.8) is 0 Å². The summed E-state index contributed by atoms with van der Waals surface area (Å²) in [6.07, 6.45) is 11.0. The highest BCUT2D eigenvalue weighted by Crippen LogP contribution is 2.31. The molecule has 0 amide bonds. The van der Waals surface area contributed by atoms with Gasteiger partial charge in [-0.25, -0.2) is 0 Å². The summed E-state index contributed by atoms with van der Waals surface area (Å²) in [4.78, 5) is 0. The summed E-state index contributed by atoms with van der Waals surface area (Å²) in [5.74, 6) is 2.39. The van der Waals surface area contributed by atoms with Crippen molar-refractivity contribution in [2.75, 3.05) is 19.5 Å². The van der Waals surface area contributed by atoms with Gasteiger partial charge in [0.05, 0.1) is 6.10 Å². The number of rotatable bonds is 5. The Bertz CT molecular complexity index is 237. The van der Waals surface area contributed by atoms with E-state index in [1.807, 2.05) is 7.11 Å². The molecular weight excluding hydrogens is 246 g/mol. The highest BCUT2D eigenvalue weighted by Gasteiger charge is 2.26. The second kappa shape index (κ2) is 7.72. The van der Waals surface area contributed by atoms with E-state index in [9.17, 15) is 0 Å². The standard InChI is InChI=1S/C15H28ClNO/c1-18-15-8-4-7-14(9-15)17-11-13-6-3-2-5-12(13)10-16/h12-15,17H,2-11H2,1H3. The zero-order chi connectivity index (χ0) is 12.8. The molecule has 2 aliphatic carbocycles. The van der Waals surface area contributed by atoms with Crippen molar-refractivity contribution in [3.8, 4) is 0 Å². The molecule has 0 radical (unpaired) electrons. The Morgan fingerprint density at radius 3 is 2.56 bits per heavy atom. The largest absolute Gasteiger partial charge is 0.381 e. The molecule has 0 aromatic rings. The summed E-state index contributed by atoms with van der Waals surface area (Å²) in [6, 6.07) is 0.668. The summed E-state index contributed by atoms with van der Waals surface area (Å²) in [5, 5.41) is 3.78. The molecule has 0 aromatic heterocycles. The van der Waals surface area contributed by atoms with Crippen molar-refractivity contribution in [1.29, 1.82) is 0 Å². The van der Waals surface area contributed by atoms with E-state index in [0.717, 1.165) is 17.7 Å². The zero-order valence-corrected chi connectivity index (χ0v) is 12.4. The SMILES string of the molecule is COC1CCCC(NCC2CCCCC2CCl)C1. The molecule has 0 saturated heterocycles. The highest BCUT2D eigenvalue weighted by atomic mass is 35.5. The van der Waals surface area contributed by atoms with E-state index in [4.69, 9.17) is 16.3 Å². The summed E-state index contributed by atoms with van der Waals surface area (Å²) in [7, 11) is 1.84. The molecule has 106 valence electrons. The topological polar surface area (TPSA) is 21.3 Å². The predicted molar refractivity (Wildman–Crippen MR) is 77.2 cm³/mol. The van der Waals surface area contributed by atoms with Crippen LogP contribution in [0.25, 0.3) is 0 Å². The average Bonchev–Trinajstić information content (AvgIpc) is 2.45. The Hall–Kier alpha value is 0.210. The molecule has 4 unspecified atom stereocenters. The van der Waals surface area contributed by atoms with Crippen molar-refractivity contribution in [2.24, 2.45) is 11.8 Å². The van der Waals surface area contributed by atoms with Gasteiger partial charge in [0.15, 0.2) is 0 Å². The molecule has 0 heterocycles. The van der Waals surface area contributed by atoms with Gasteiger partial charge >= 0.3 is 0 Å². The van der Waals surface area contributed by atoms with E-state index in [2.05, 4.69) is 5.32 Å². The summed E-state index contributed by atoms with van der Waals surface area (Å²) < 4.78 is 5.49. The Labute approximate surface area is 117 Å². The van der Waals surface area contributed by atoms with Gasteiger partial charge in [-0.1, -0.05) is 12.8 Å². The van der Waals surface area contributed by atoms with Crippen molar-refractivity contribution in [2.45, 2.75) is 63.5 Å². The minimum atomic E-state index is 0.478. The van der Waals surface area contributed by atoms with E-state index in [-0.39, 0.29) is 0 Å². The first-order chi connectivity index (χ1) is 8.83. The van der Waals surface area contributed by atoms with Crippen LogP contribution in [-0.4, -0.2) is 31.7 Å². The van der Waals surface area contributed by atoms with Gasteiger partial charge in [-0.05, 0) is 56.9 Å². The lowest BCUT2D eigenvalue weighted by Gasteiger charge is -2.34. The normalized spacial score (nSPS) is 37.7. The van der Waals surface area contributed by atoms with Crippen molar-refractivity contribution in [3.05, 3.63) is 0 Å². The molecule has 2 nitrogen and oxygen atoms in total. The van der Waals surface area contributed by atoms with Crippen LogP contribution >= 0.6 is 11.6 Å². The van der Waals surface area contributed by atoms with Gasteiger partial charge in [-0.3, -0.25) is 0 Å². The first-order valence-electron chi connectivity index (χ1n) is 7.65.